The maximum Gasteiger partial charge on any atom is 0.279 e. The molecule has 2 aliphatic rings. The number of β-amino-alcohol motifs (C(OH)–C–C–N with tert-alkyl or cyclic N) is 1. The van der Waals surface area contributed by atoms with Gasteiger partial charge < -0.3 is 14.7 Å². The predicted molar refractivity (Wildman–Crippen MR) is 63.3 cm³/mol. The zero-order valence-electron chi connectivity index (χ0n) is 8.85. The van der Waals surface area contributed by atoms with Crippen LogP contribution in [0.4, 0.5) is 0 Å². The van der Waals surface area contributed by atoms with Gasteiger partial charge in [0.05, 0.1) is 12.7 Å². The second-order valence-corrected chi connectivity index (χ2v) is 5.53. The predicted octanol–water partition coefficient (Wildman–Crippen LogP) is 0.676. The van der Waals surface area contributed by atoms with Crippen molar-refractivity contribution in [3.63, 3.8) is 0 Å². The third-order valence-electron chi connectivity index (χ3n) is 2.59. The molecule has 0 aromatic rings. The number of aliphatic hydroxyl groups excluding tert-OH is 1. The van der Waals surface area contributed by atoms with Crippen LogP contribution >= 0.6 is 7.55 Å². The molecule has 1 atom stereocenters. The molecule has 0 amide bonds. The highest BCUT2D eigenvalue weighted by molar-refractivity contribution is 7.73. The number of aliphatic hydroxyl groups is 1. The molecule has 82 valence electrons. The van der Waals surface area contributed by atoms with Gasteiger partial charge >= 0.3 is 0 Å². The molecule has 0 aromatic carbocycles. The molecule has 2 aliphatic heterocycles. The quantitative estimate of drug-likeness (QED) is 0.410. The van der Waals surface area contributed by atoms with Gasteiger partial charge in [0.25, 0.3) is 7.55 Å². The van der Waals surface area contributed by atoms with Gasteiger partial charge in [-0.2, -0.15) is 0 Å². The fourth-order valence-corrected chi connectivity index (χ4v) is 2.44. The van der Waals surface area contributed by atoms with Crippen LogP contribution in [0.15, 0.2) is 0 Å². The molecular formula is C11H17NO2P+. The van der Waals surface area contributed by atoms with Crippen molar-refractivity contribution in [2.24, 2.45) is 0 Å². The summed E-state index contributed by atoms with van der Waals surface area (Å²) in [5.74, 6) is 2.07. The summed E-state index contributed by atoms with van der Waals surface area (Å²) in [7, 11) is -0.236. The van der Waals surface area contributed by atoms with Gasteiger partial charge in [-0.05, 0) is 25.9 Å². The molecule has 0 bridgehead atoms. The van der Waals surface area contributed by atoms with E-state index in [1.165, 1.54) is 12.8 Å². The zero-order chi connectivity index (χ0) is 10.5. The van der Waals surface area contributed by atoms with E-state index in [-0.39, 0.29) is 13.6 Å². The second kappa shape index (κ2) is 5.63. The molecule has 0 aliphatic carbocycles. The summed E-state index contributed by atoms with van der Waals surface area (Å²) in [6.45, 7) is 4.06. The van der Waals surface area contributed by atoms with Crippen molar-refractivity contribution in [3.05, 3.63) is 0 Å². The maximum absolute atomic E-state index is 9.68. The van der Waals surface area contributed by atoms with Crippen molar-refractivity contribution in [2.45, 2.75) is 18.9 Å². The Kier molecular flexibility index (Phi) is 4.17. The normalized spacial score (nSPS) is 21.0. The number of nitrogens with zero attached hydrogens (tertiary/aromatic N) is 1. The summed E-state index contributed by atoms with van der Waals surface area (Å²) in [6.07, 6.45) is 2.19. The summed E-state index contributed by atoms with van der Waals surface area (Å²) in [5, 5.41) is 9.68. The molecule has 0 aromatic heterocycles. The van der Waals surface area contributed by atoms with Crippen molar-refractivity contribution < 1.29 is 9.84 Å². The molecular weight excluding hydrogens is 209 g/mol. The minimum atomic E-state index is -0.343. The van der Waals surface area contributed by atoms with Gasteiger partial charge in [-0.3, -0.25) is 0 Å². The van der Waals surface area contributed by atoms with Crippen LogP contribution < -0.4 is 0 Å². The Morgan fingerprint density at radius 2 is 2.13 bits per heavy atom. The molecule has 2 rings (SSSR count). The first-order valence-electron chi connectivity index (χ1n) is 5.46. The Hall–Kier alpha value is -0.390. The second-order valence-electron chi connectivity index (χ2n) is 3.98. The Labute approximate surface area is 91.8 Å². The van der Waals surface area contributed by atoms with Gasteiger partial charge in [-0.15, -0.1) is 0 Å². The van der Waals surface area contributed by atoms with Crippen molar-refractivity contribution in [3.8, 4) is 11.3 Å². The van der Waals surface area contributed by atoms with E-state index in [9.17, 15) is 5.11 Å². The number of ether oxygens (including phenoxy) is 1. The van der Waals surface area contributed by atoms with Crippen LogP contribution in [0.1, 0.15) is 12.8 Å². The van der Waals surface area contributed by atoms with Gasteiger partial charge in [0, 0.05) is 6.54 Å². The molecule has 15 heavy (non-hydrogen) atoms. The van der Waals surface area contributed by atoms with Gasteiger partial charge in [0.2, 0.25) is 11.3 Å². The largest absolute Gasteiger partial charge is 0.389 e. The van der Waals surface area contributed by atoms with Gasteiger partial charge in [0.1, 0.15) is 12.4 Å². The Morgan fingerprint density at radius 3 is 2.80 bits per heavy atom. The number of hydrogen-bond acceptors (Lipinski definition) is 3. The molecule has 0 saturated carbocycles. The van der Waals surface area contributed by atoms with E-state index in [4.69, 9.17) is 4.74 Å². The van der Waals surface area contributed by atoms with Gasteiger partial charge in [0.15, 0.2) is 0 Å². The molecule has 3 nitrogen and oxygen atoms in total. The minimum Gasteiger partial charge on any atom is -0.389 e. The van der Waals surface area contributed by atoms with Crippen molar-refractivity contribution in [1.82, 2.24) is 4.90 Å². The zero-order valence-corrected chi connectivity index (χ0v) is 9.75. The van der Waals surface area contributed by atoms with E-state index in [0.717, 1.165) is 19.6 Å². The molecule has 1 unspecified atom stereocenters. The Morgan fingerprint density at radius 1 is 1.40 bits per heavy atom. The molecule has 1 fully saturated rings. The third-order valence-corrected chi connectivity index (χ3v) is 3.59. The van der Waals surface area contributed by atoms with Crippen LogP contribution in [-0.4, -0.2) is 54.8 Å². The average molecular weight is 226 g/mol. The topological polar surface area (TPSA) is 32.7 Å². The molecule has 4 heteroatoms. The molecule has 1 saturated heterocycles. The first-order valence-corrected chi connectivity index (χ1v) is 6.88. The van der Waals surface area contributed by atoms with Gasteiger partial charge in [-0.25, -0.2) is 0 Å². The van der Waals surface area contributed by atoms with Crippen LogP contribution in [0.25, 0.3) is 0 Å². The lowest BCUT2D eigenvalue weighted by atomic mass is 10.3. The summed E-state index contributed by atoms with van der Waals surface area (Å²) in [6, 6.07) is 0. The fraction of sp³-hybridized carbons (Fsp3) is 0.727. The van der Waals surface area contributed by atoms with E-state index < -0.39 is 0 Å². The number of hydrogen-bond donors (Lipinski definition) is 1. The van der Waals surface area contributed by atoms with E-state index in [0.29, 0.717) is 13.2 Å². The lowest BCUT2D eigenvalue weighted by molar-refractivity contribution is 0.0350. The molecule has 2 heterocycles. The van der Waals surface area contributed by atoms with E-state index in [1.807, 2.05) is 0 Å². The summed E-state index contributed by atoms with van der Waals surface area (Å²) in [5.41, 5.74) is 5.98. The van der Waals surface area contributed by atoms with Crippen molar-refractivity contribution in [1.29, 1.82) is 0 Å². The van der Waals surface area contributed by atoms with Crippen molar-refractivity contribution >= 4 is 13.3 Å². The first-order chi connectivity index (χ1) is 7.34. The van der Waals surface area contributed by atoms with Crippen LogP contribution in [0, 0.1) is 11.3 Å². The highest BCUT2D eigenvalue weighted by Crippen LogP contribution is 2.28. The van der Waals surface area contributed by atoms with Crippen LogP contribution in [0.3, 0.4) is 0 Å². The summed E-state index contributed by atoms with van der Waals surface area (Å²) in [4.78, 5) is 2.30. The molecule has 0 radical (unpaired) electrons. The monoisotopic (exact) mass is 226 g/mol. The minimum absolute atomic E-state index is 0.236. The van der Waals surface area contributed by atoms with E-state index in [1.54, 1.807) is 0 Å². The SMILES string of the molecule is OC(COCC=[P+]1C#C1)CN1CCCC1. The first kappa shape index (κ1) is 11.1. The lowest BCUT2D eigenvalue weighted by Crippen LogP contribution is -2.33. The molecule has 1 N–H and O–H groups in total. The smallest absolute Gasteiger partial charge is 0.279 e. The van der Waals surface area contributed by atoms with Gasteiger partial charge in [-0.1, -0.05) is 0 Å². The number of rotatable bonds is 6. The van der Waals surface area contributed by atoms with Crippen LogP contribution in [-0.2, 0) is 4.74 Å². The van der Waals surface area contributed by atoms with Crippen molar-refractivity contribution in [2.75, 3.05) is 32.8 Å². The number of likely N-dealkylation sites (tertiary alicyclic amines) is 1. The summed E-state index contributed by atoms with van der Waals surface area (Å²) < 4.78 is 5.36. The lowest BCUT2D eigenvalue weighted by Gasteiger charge is -2.18. The highest BCUT2D eigenvalue weighted by Gasteiger charge is 2.17. The standard InChI is InChI=1S/C11H17NO2P/c13-11(9-12-3-1-2-4-12)10-14-5-6-15-7-8-15/h6,11,13H,1-5,9-10H2/q+1. The fourth-order valence-electron chi connectivity index (χ4n) is 1.77. The van der Waals surface area contributed by atoms with E-state index >= 15 is 0 Å². The van der Waals surface area contributed by atoms with E-state index in [2.05, 4.69) is 22.0 Å². The Balaban J connectivity index is 1.51. The van der Waals surface area contributed by atoms with Crippen LogP contribution in [0.2, 0.25) is 0 Å². The summed E-state index contributed by atoms with van der Waals surface area (Å²) >= 11 is 0. The maximum atomic E-state index is 9.68. The van der Waals surface area contributed by atoms with Crippen LogP contribution in [0.5, 0.6) is 0 Å². The average Bonchev–Trinajstić information content (AvgIpc) is 2.91. The highest BCUT2D eigenvalue weighted by atomic mass is 31.1. The Bertz CT molecular complexity index is 289. The molecule has 0 spiro atoms. The third kappa shape index (κ3) is 4.32.